The van der Waals surface area contributed by atoms with Gasteiger partial charge < -0.3 is 4.84 Å². The lowest BCUT2D eigenvalue weighted by Gasteiger charge is -2.25. The van der Waals surface area contributed by atoms with Gasteiger partial charge in [-0.15, -0.1) is 0 Å². The second-order valence-corrected chi connectivity index (χ2v) is 7.33. The molecule has 2 aromatic carbocycles. The molecule has 1 aliphatic carbocycles. The third kappa shape index (κ3) is 4.16. The predicted octanol–water partition coefficient (Wildman–Crippen LogP) is 5.00. The maximum absolute atomic E-state index is 13.3. The Balaban J connectivity index is 1.75. The maximum Gasteiger partial charge on any atom is 0.392 e. The molecule has 0 saturated carbocycles. The Bertz CT molecular complexity index is 1120. The van der Waals surface area contributed by atoms with Crippen molar-refractivity contribution in [2.45, 2.75) is 25.4 Å². The van der Waals surface area contributed by atoms with E-state index in [-0.39, 0.29) is 24.9 Å². The van der Waals surface area contributed by atoms with Crippen molar-refractivity contribution in [3.05, 3.63) is 87.6 Å². The van der Waals surface area contributed by atoms with Crippen LogP contribution in [0.1, 0.15) is 28.0 Å². The molecule has 0 spiro atoms. The summed E-state index contributed by atoms with van der Waals surface area (Å²) >= 11 is 0. The number of carbonyl (C=O) groups excluding carboxylic acids is 1. The standard InChI is InChI=1S/C22H17F3N2O4/c23-22(24,25)17-8-11-19-16(12-17)13-20(14-6-9-18(10-7-14)27(29)30)26(19)31-21(28)15-4-2-1-3-5-15/h1-7,9-10,13,17H,8,11-12H2. The van der Waals surface area contributed by atoms with Crippen LogP contribution in [0.15, 0.2) is 60.7 Å². The van der Waals surface area contributed by atoms with Gasteiger partial charge in [0.05, 0.1) is 27.8 Å². The minimum absolute atomic E-state index is 0.0918. The molecule has 4 rings (SSSR count). The maximum atomic E-state index is 13.3. The molecule has 6 nitrogen and oxygen atoms in total. The first kappa shape index (κ1) is 20.6. The molecular formula is C22H17F3N2O4. The van der Waals surface area contributed by atoms with Gasteiger partial charge in [-0.25, -0.2) is 4.79 Å². The molecule has 1 unspecified atom stereocenters. The molecule has 0 fully saturated rings. The van der Waals surface area contributed by atoms with Gasteiger partial charge in [-0.1, -0.05) is 18.2 Å². The molecule has 9 heteroatoms. The fourth-order valence-corrected chi connectivity index (χ4v) is 3.75. The summed E-state index contributed by atoms with van der Waals surface area (Å²) in [5, 5.41) is 10.9. The minimum Gasteiger partial charge on any atom is -0.331 e. The molecule has 1 heterocycles. The monoisotopic (exact) mass is 430 g/mol. The highest BCUT2D eigenvalue weighted by Gasteiger charge is 2.42. The molecule has 0 N–H and O–H groups in total. The van der Waals surface area contributed by atoms with Crippen LogP contribution in [-0.2, 0) is 12.8 Å². The number of nitro benzene ring substituents is 1. The number of carbonyl (C=O) groups is 1. The number of fused-ring (bicyclic) bond motifs is 1. The van der Waals surface area contributed by atoms with Crippen molar-refractivity contribution in [1.29, 1.82) is 0 Å². The van der Waals surface area contributed by atoms with Crippen molar-refractivity contribution in [2.75, 3.05) is 0 Å². The first-order chi connectivity index (χ1) is 14.7. The Hall–Kier alpha value is -3.62. The highest BCUT2D eigenvalue weighted by molar-refractivity contribution is 5.89. The Morgan fingerprint density at radius 3 is 2.39 bits per heavy atom. The van der Waals surface area contributed by atoms with E-state index in [2.05, 4.69) is 0 Å². The molecule has 0 saturated heterocycles. The van der Waals surface area contributed by atoms with E-state index in [0.717, 1.165) is 0 Å². The summed E-state index contributed by atoms with van der Waals surface area (Å²) in [4.78, 5) is 28.6. The van der Waals surface area contributed by atoms with E-state index in [1.807, 2.05) is 0 Å². The summed E-state index contributed by atoms with van der Waals surface area (Å²) in [7, 11) is 0. The SMILES string of the molecule is O=C(On1c(-c2ccc([N+](=O)[O-])cc2)cc2c1CCC(C(F)(F)F)C2)c1ccccc1. The quantitative estimate of drug-likeness (QED) is 0.431. The van der Waals surface area contributed by atoms with Gasteiger partial charge in [-0.2, -0.15) is 17.9 Å². The van der Waals surface area contributed by atoms with Crippen LogP contribution >= 0.6 is 0 Å². The van der Waals surface area contributed by atoms with E-state index in [1.54, 1.807) is 36.4 Å². The molecule has 1 aromatic heterocycles. The largest absolute Gasteiger partial charge is 0.392 e. The van der Waals surface area contributed by atoms with Gasteiger partial charge in [0, 0.05) is 17.7 Å². The van der Waals surface area contributed by atoms with Gasteiger partial charge >= 0.3 is 12.1 Å². The van der Waals surface area contributed by atoms with Crippen molar-refractivity contribution in [3.63, 3.8) is 0 Å². The van der Waals surface area contributed by atoms with Crippen molar-refractivity contribution in [3.8, 4) is 11.3 Å². The Labute approximate surface area is 175 Å². The lowest BCUT2D eigenvalue weighted by atomic mass is 9.87. The topological polar surface area (TPSA) is 74.4 Å². The Morgan fingerprint density at radius 1 is 1.10 bits per heavy atom. The van der Waals surface area contributed by atoms with Gasteiger partial charge in [0.25, 0.3) is 5.69 Å². The molecule has 0 bridgehead atoms. The van der Waals surface area contributed by atoms with Crippen molar-refractivity contribution in [2.24, 2.45) is 5.92 Å². The third-order valence-corrected chi connectivity index (χ3v) is 5.36. The average molecular weight is 430 g/mol. The fourth-order valence-electron chi connectivity index (χ4n) is 3.75. The third-order valence-electron chi connectivity index (χ3n) is 5.36. The Morgan fingerprint density at radius 2 is 1.77 bits per heavy atom. The van der Waals surface area contributed by atoms with Crippen LogP contribution in [0.3, 0.4) is 0 Å². The number of alkyl halides is 3. The number of hydrogen-bond donors (Lipinski definition) is 0. The molecule has 160 valence electrons. The Kier molecular flexibility index (Phi) is 5.26. The number of nitro groups is 1. The molecule has 0 aliphatic heterocycles. The number of halogens is 3. The van der Waals surface area contributed by atoms with Crippen LogP contribution in [0.2, 0.25) is 0 Å². The number of aromatic nitrogens is 1. The second-order valence-electron chi connectivity index (χ2n) is 7.33. The fraction of sp³-hybridized carbons (Fsp3) is 0.227. The molecule has 0 radical (unpaired) electrons. The zero-order valence-electron chi connectivity index (χ0n) is 16.1. The van der Waals surface area contributed by atoms with Crippen molar-refractivity contribution >= 4 is 11.7 Å². The highest BCUT2D eigenvalue weighted by atomic mass is 19.4. The summed E-state index contributed by atoms with van der Waals surface area (Å²) in [6, 6.07) is 15.3. The molecule has 0 amide bonds. The summed E-state index contributed by atoms with van der Waals surface area (Å²) in [6.45, 7) is 0. The van der Waals surface area contributed by atoms with E-state index in [1.165, 1.54) is 29.0 Å². The van der Waals surface area contributed by atoms with Crippen LogP contribution in [0.25, 0.3) is 11.3 Å². The summed E-state index contributed by atoms with van der Waals surface area (Å²) in [5.74, 6) is -2.12. The first-order valence-electron chi connectivity index (χ1n) is 9.57. The van der Waals surface area contributed by atoms with Gasteiger partial charge in [0.15, 0.2) is 0 Å². The predicted molar refractivity (Wildman–Crippen MR) is 105 cm³/mol. The highest BCUT2D eigenvalue weighted by Crippen LogP contribution is 2.39. The molecule has 1 aliphatic rings. The number of benzene rings is 2. The van der Waals surface area contributed by atoms with Crippen LogP contribution in [-0.4, -0.2) is 21.8 Å². The number of hydrogen-bond acceptors (Lipinski definition) is 4. The van der Waals surface area contributed by atoms with Crippen LogP contribution in [0.5, 0.6) is 0 Å². The number of rotatable bonds is 4. The van der Waals surface area contributed by atoms with Crippen LogP contribution < -0.4 is 4.84 Å². The summed E-state index contributed by atoms with van der Waals surface area (Å²) in [6.07, 6.45) is -4.54. The molecule has 3 aromatic rings. The number of non-ortho nitro benzene ring substituents is 1. The van der Waals surface area contributed by atoms with E-state index >= 15 is 0 Å². The average Bonchev–Trinajstić information content (AvgIpc) is 3.11. The van der Waals surface area contributed by atoms with Crippen molar-refractivity contribution in [1.82, 2.24) is 4.73 Å². The van der Waals surface area contributed by atoms with E-state index in [0.29, 0.717) is 28.1 Å². The zero-order chi connectivity index (χ0) is 22.2. The lowest BCUT2D eigenvalue weighted by Crippen LogP contribution is -2.30. The van der Waals surface area contributed by atoms with Gasteiger partial charge in [0.2, 0.25) is 0 Å². The van der Waals surface area contributed by atoms with Gasteiger partial charge in [0.1, 0.15) is 0 Å². The van der Waals surface area contributed by atoms with Gasteiger partial charge in [-0.05, 0) is 55.2 Å². The summed E-state index contributed by atoms with van der Waals surface area (Å²) in [5.41, 5.74) is 1.98. The summed E-state index contributed by atoms with van der Waals surface area (Å²) < 4.78 is 41.0. The van der Waals surface area contributed by atoms with E-state index < -0.39 is 23.0 Å². The number of nitrogens with zero attached hydrogens (tertiary/aromatic N) is 2. The van der Waals surface area contributed by atoms with E-state index in [4.69, 9.17) is 4.84 Å². The van der Waals surface area contributed by atoms with Crippen LogP contribution in [0, 0.1) is 16.0 Å². The minimum atomic E-state index is -4.31. The lowest BCUT2D eigenvalue weighted by molar-refractivity contribution is -0.384. The first-order valence-corrected chi connectivity index (χ1v) is 9.57. The van der Waals surface area contributed by atoms with Gasteiger partial charge in [-0.3, -0.25) is 10.1 Å². The molecular weight excluding hydrogens is 413 g/mol. The second kappa shape index (κ2) is 7.90. The van der Waals surface area contributed by atoms with Crippen LogP contribution in [0.4, 0.5) is 18.9 Å². The zero-order valence-corrected chi connectivity index (χ0v) is 16.1. The van der Waals surface area contributed by atoms with Crippen molar-refractivity contribution < 1.29 is 27.7 Å². The normalized spacial score (nSPS) is 15.9. The smallest absolute Gasteiger partial charge is 0.331 e. The molecule has 1 atom stereocenters. The molecule has 31 heavy (non-hydrogen) atoms. The van der Waals surface area contributed by atoms with E-state index in [9.17, 15) is 28.1 Å².